The van der Waals surface area contributed by atoms with E-state index in [-0.39, 0.29) is 6.42 Å². The van der Waals surface area contributed by atoms with Gasteiger partial charge >= 0.3 is 5.97 Å². The zero-order valence-corrected chi connectivity index (χ0v) is 16.6. The Morgan fingerprint density at radius 1 is 0.840 bits per heavy atom. The molecule has 0 N–H and O–H groups in total. The Hall–Kier alpha value is -2.16. The van der Waals surface area contributed by atoms with E-state index in [1.54, 1.807) is 45.6 Å². The Labute approximate surface area is 160 Å². The average Bonchev–Trinajstić information content (AvgIpc) is 2.62. The van der Waals surface area contributed by atoms with Crippen molar-refractivity contribution in [3.05, 3.63) is 39.5 Å². The number of hydrogen-bond donors (Lipinski definition) is 0. The molecule has 2 rings (SSSR count). The van der Waals surface area contributed by atoms with Crippen LogP contribution in [0.4, 0.5) is 0 Å². The maximum atomic E-state index is 12.3. The van der Waals surface area contributed by atoms with Crippen LogP contribution in [0.3, 0.4) is 0 Å². The standard InChI is InChI=1S/C18H19IO6/c1-21-14-6-5-12(9-16(14)23-3)25-18(20)8-11-7-15(22-2)17(24-4)10-13(11)19/h5-7,9-10H,8H2,1-4H3. The lowest BCUT2D eigenvalue weighted by molar-refractivity contribution is -0.133. The van der Waals surface area contributed by atoms with Crippen molar-refractivity contribution in [3.8, 4) is 28.7 Å². The number of rotatable bonds is 7. The molecule has 0 aliphatic rings. The summed E-state index contributed by atoms with van der Waals surface area (Å²) in [7, 11) is 6.19. The molecule has 0 radical (unpaired) electrons. The number of benzene rings is 2. The van der Waals surface area contributed by atoms with Gasteiger partial charge in [0.2, 0.25) is 0 Å². The average molecular weight is 458 g/mol. The van der Waals surface area contributed by atoms with Gasteiger partial charge in [-0.05, 0) is 52.4 Å². The quantitative estimate of drug-likeness (QED) is 0.360. The van der Waals surface area contributed by atoms with Crippen molar-refractivity contribution in [2.75, 3.05) is 28.4 Å². The van der Waals surface area contributed by atoms with Crippen molar-refractivity contribution in [3.63, 3.8) is 0 Å². The molecule has 2 aromatic rings. The Morgan fingerprint density at radius 3 is 2.00 bits per heavy atom. The fourth-order valence-electron chi connectivity index (χ4n) is 2.23. The highest BCUT2D eigenvalue weighted by molar-refractivity contribution is 14.1. The molecule has 134 valence electrons. The smallest absolute Gasteiger partial charge is 0.315 e. The van der Waals surface area contributed by atoms with Crippen LogP contribution in [0.5, 0.6) is 28.7 Å². The number of esters is 1. The molecule has 0 saturated heterocycles. The van der Waals surface area contributed by atoms with Gasteiger partial charge in [0.25, 0.3) is 0 Å². The van der Waals surface area contributed by atoms with E-state index >= 15 is 0 Å². The van der Waals surface area contributed by atoms with E-state index in [4.69, 9.17) is 23.7 Å². The number of methoxy groups -OCH3 is 4. The van der Waals surface area contributed by atoms with Gasteiger partial charge < -0.3 is 23.7 Å². The predicted octanol–water partition coefficient (Wildman–Crippen LogP) is 3.47. The molecule has 0 heterocycles. The van der Waals surface area contributed by atoms with Crippen LogP contribution in [0.2, 0.25) is 0 Å². The molecular formula is C18H19IO6. The maximum Gasteiger partial charge on any atom is 0.315 e. The summed E-state index contributed by atoms with van der Waals surface area (Å²) in [6.45, 7) is 0. The summed E-state index contributed by atoms with van der Waals surface area (Å²) >= 11 is 2.15. The van der Waals surface area contributed by atoms with Gasteiger partial charge in [0, 0.05) is 9.64 Å². The molecule has 0 atom stereocenters. The molecule has 0 aromatic heterocycles. The fraction of sp³-hybridized carbons (Fsp3) is 0.278. The van der Waals surface area contributed by atoms with E-state index in [1.807, 2.05) is 6.07 Å². The monoisotopic (exact) mass is 458 g/mol. The highest BCUT2D eigenvalue weighted by Crippen LogP contribution is 2.33. The molecule has 0 amide bonds. The van der Waals surface area contributed by atoms with Crippen molar-refractivity contribution in [1.29, 1.82) is 0 Å². The summed E-state index contributed by atoms with van der Waals surface area (Å²) in [6.07, 6.45) is 0.104. The summed E-state index contributed by atoms with van der Waals surface area (Å²) in [4.78, 5) is 12.3. The van der Waals surface area contributed by atoms with Gasteiger partial charge in [-0.1, -0.05) is 0 Å². The summed E-state index contributed by atoms with van der Waals surface area (Å²) in [5.41, 5.74) is 0.795. The van der Waals surface area contributed by atoms with Crippen LogP contribution in [-0.2, 0) is 11.2 Å². The van der Waals surface area contributed by atoms with Gasteiger partial charge in [0.15, 0.2) is 23.0 Å². The van der Waals surface area contributed by atoms with Crippen LogP contribution in [0.1, 0.15) is 5.56 Å². The van der Waals surface area contributed by atoms with Crippen LogP contribution in [0.25, 0.3) is 0 Å². The Balaban J connectivity index is 2.15. The van der Waals surface area contributed by atoms with Gasteiger partial charge in [-0.15, -0.1) is 0 Å². The lowest BCUT2D eigenvalue weighted by atomic mass is 10.1. The first-order chi connectivity index (χ1) is 12.0. The van der Waals surface area contributed by atoms with Crippen LogP contribution >= 0.6 is 22.6 Å². The van der Waals surface area contributed by atoms with E-state index in [2.05, 4.69) is 22.6 Å². The predicted molar refractivity (Wildman–Crippen MR) is 101 cm³/mol. The normalized spacial score (nSPS) is 10.1. The van der Waals surface area contributed by atoms with Crippen LogP contribution in [-0.4, -0.2) is 34.4 Å². The second kappa shape index (κ2) is 8.80. The molecule has 0 bridgehead atoms. The van der Waals surface area contributed by atoms with Gasteiger partial charge in [0.05, 0.1) is 34.9 Å². The van der Waals surface area contributed by atoms with Crippen LogP contribution in [0, 0.1) is 3.57 Å². The molecule has 0 saturated carbocycles. The van der Waals surface area contributed by atoms with E-state index in [9.17, 15) is 4.79 Å². The molecule has 0 spiro atoms. The third kappa shape index (κ3) is 4.68. The first kappa shape index (κ1) is 19.2. The third-order valence-electron chi connectivity index (χ3n) is 3.47. The minimum atomic E-state index is -0.391. The molecule has 2 aromatic carbocycles. The first-order valence-corrected chi connectivity index (χ1v) is 8.43. The fourth-order valence-corrected chi connectivity index (χ4v) is 2.86. The van der Waals surface area contributed by atoms with Gasteiger partial charge in [-0.25, -0.2) is 0 Å². The summed E-state index contributed by atoms with van der Waals surface area (Å²) < 4.78 is 27.2. The summed E-state index contributed by atoms with van der Waals surface area (Å²) in [5, 5.41) is 0. The van der Waals surface area contributed by atoms with Crippen molar-refractivity contribution in [1.82, 2.24) is 0 Å². The number of ether oxygens (including phenoxy) is 5. The molecule has 0 aliphatic carbocycles. The minimum absolute atomic E-state index is 0.104. The molecule has 7 heteroatoms. The molecular weight excluding hydrogens is 439 g/mol. The van der Waals surface area contributed by atoms with Crippen molar-refractivity contribution < 1.29 is 28.5 Å². The second-order valence-electron chi connectivity index (χ2n) is 4.97. The van der Waals surface area contributed by atoms with E-state index < -0.39 is 5.97 Å². The zero-order valence-electron chi connectivity index (χ0n) is 14.4. The Bertz CT molecular complexity index is 759. The molecule has 6 nitrogen and oxygen atoms in total. The highest BCUT2D eigenvalue weighted by Gasteiger charge is 2.15. The maximum absolute atomic E-state index is 12.3. The van der Waals surface area contributed by atoms with Gasteiger partial charge in [0.1, 0.15) is 5.75 Å². The van der Waals surface area contributed by atoms with Crippen molar-refractivity contribution in [2.45, 2.75) is 6.42 Å². The Kier molecular flexibility index (Phi) is 6.74. The second-order valence-corrected chi connectivity index (χ2v) is 6.13. The lowest BCUT2D eigenvalue weighted by Crippen LogP contribution is -2.12. The van der Waals surface area contributed by atoms with Crippen LogP contribution < -0.4 is 23.7 Å². The zero-order chi connectivity index (χ0) is 18.4. The molecule has 0 fully saturated rings. The largest absolute Gasteiger partial charge is 0.493 e. The highest BCUT2D eigenvalue weighted by atomic mass is 127. The molecule has 0 unspecified atom stereocenters. The Morgan fingerprint density at radius 2 is 1.40 bits per heavy atom. The van der Waals surface area contributed by atoms with Crippen molar-refractivity contribution >= 4 is 28.6 Å². The first-order valence-electron chi connectivity index (χ1n) is 7.35. The minimum Gasteiger partial charge on any atom is -0.493 e. The lowest BCUT2D eigenvalue weighted by Gasteiger charge is -2.12. The number of carbonyl (C=O) groups is 1. The van der Waals surface area contributed by atoms with E-state index in [0.717, 1.165) is 9.13 Å². The van der Waals surface area contributed by atoms with Gasteiger partial charge in [-0.2, -0.15) is 0 Å². The number of carbonyl (C=O) groups excluding carboxylic acids is 1. The molecule has 0 aliphatic heterocycles. The summed E-state index contributed by atoms with van der Waals surface area (Å²) in [5.74, 6) is 2.24. The SMILES string of the molecule is COc1ccc(OC(=O)Cc2cc(OC)c(OC)cc2I)cc1OC. The van der Waals surface area contributed by atoms with E-state index in [0.29, 0.717) is 28.7 Å². The third-order valence-corrected chi connectivity index (χ3v) is 4.48. The number of halogens is 1. The van der Waals surface area contributed by atoms with Crippen molar-refractivity contribution in [2.24, 2.45) is 0 Å². The van der Waals surface area contributed by atoms with E-state index in [1.165, 1.54) is 7.11 Å². The topological polar surface area (TPSA) is 63.2 Å². The molecule has 25 heavy (non-hydrogen) atoms. The summed E-state index contributed by atoms with van der Waals surface area (Å²) in [6, 6.07) is 8.53. The van der Waals surface area contributed by atoms with Crippen LogP contribution in [0.15, 0.2) is 30.3 Å². The van der Waals surface area contributed by atoms with Gasteiger partial charge in [-0.3, -0.25) is 4.79 Å². The number of hydrogen-bond acceptors (Lipinski definition) is 6.